The summed E-state index contributed by atoms with van der Waals surface area (Å²) in [7, 11) is 0. The van der Waals surface area contributed by atoms with E-state index in [0.717, 1.165) is 67.2 Å². The Hall–Kier alpha value is -5.68. The Balaban J connectivity index is 1.28. The number of nitrogens with zero attached hydrogens (tertiary/aromatic N) is 3. The van der Waals surface area contributed by atoms with Gasteiger partial charge in [0.15, 0.2) is 17.5 Å². The Morgan fingerprint density at radius 1 is 0.560 bits per heavy atom. The molecule has 0 bridgehead atoms. The molecule has 0 saturated carbocycles. The molecule has 0 fully saturated rings. The van der Waals surface area contributed by atoms with Gasteiger partial charge in [-0.15, -0.1) is 11.3 Å². The molecule has 0 spiro atoms. The standard InChI is InChI=1S/C45H28ClN3S/c46-41-39-36-20-10-11-21-38(36)50-42(39)35-19-9-8-18-34(35)40(41)45-48-43(29-24-22-28(23-25-29)27-12-2-1-3-13-27)47-44(49-45)37-26-30-14-4-5-15-31(30)32-16-6-7-17-33(32)37/h1-2,4-12,14-26H,3,13H2. The number of hydrogen-bond acceptors (Lipinski definition) is 4. The third-order valence-electron chi connectivity index (χ3n) is 9.87. The fourth-order valence-electron chi connectivity index (χ4n) is 7.47. The number of fused-ring (bicyclic) bond motifs is 8. The number of hydrogen-bond donors (Lipinski definition) is 0. The van der Waals surface area contributed by atoms with Gasteiger partial charge in [0, 0.05) is 42.2 Å². The number of benzene rings is 7. The van der Waals surface area contributed by atoms with Crippen LogP contribution >= 0.6 is 22.9 Å². The van der Waals surface area contributed by atoms with Gasteiger partial charge in [-0.1, -0.05) is 145 Å². The lowest BCUT2D eigenvalue weighted by molar-refractivity contribution is 1.05. The number of thiophene rings is 1. The van der Waals surface area contributed by atoms with Crippen molar-refractivity contribution in [1.29, 1.82) is 0 Å². The molecule has 0 N–H and O–H groups in total. The molecule has 0 amide bonds. The van der Waals surface area contributed by atoms with E-state index in [2.05, 4.69) is 146 Å². The van der Waals surface area contributed by atoms with Crippen LogP contribution in [0.25, 0.3) is 92.2 Å². The van der Waals surface area contributed by atoms with Crippen molar-refractivity contribution >= 4 is 81.0 Å². The van der Waals surface area contributed by atoms with Crippen LogP contribution < -0.4 is 0 Å². The first-order valence-electron chi connectivity index (χ1n) is 16.9. The van der Waals surface area contributed by atoms with E-state index < -0.39 is 0 Å². The summed E-state index contributed by atoms with van der Waals surface area (Å²) in [5.41, 5.74) is 5.27. The summed E-state index contributed by atoms with van der Waals surface area (Å²) < 4.78 is 2.38. The molecule has 0 unspecified atom stereocenters. The number of allylic oxidation sites excluding steroid dienone is 4. The fraction of sp³-hybridized carbons (Fsp3) is 0.0444. The van der Waals surface area contributed by atoms with Crippen LogP contribution in [0, 0.1) is 0 Å². The molecule has 0 radical (unpaired) electrons. The average molecular weight is 678 g/mol. The lowest BCUT2D eigenvalue weighted by Crippen LogP contribution is -2.02. The maximum Gasteiger partial charge on any atom is 0.166 e. The monoisotopic (exact) mass is 677 g/mol. The van der Waals surface area contributed by atoms with Crippen LogP contribution in [0.5, 0.6) is 0 Å². The molecule has 0 atom stereocenters. The fourth-order valence-corrected chi connectivity index (χ4v) is 9.15. The minimum atomic E-state index is 0.560. The molecule has 10 rings (SSSR count). The van der Waals surface area contributed by atoms with Crippen LogP contribution in [0.1, 0.15) is 18.4 Å². The van der Waals surface area contributed by atoms with Crippen molar-refractivity contribution in [1.82, 2.24) is 15.0 Å². The molecule has 7 aromatic carbocycles. The predicted molar refractivity (Wildman–Crippen MR) is 213 cm³/mol. The first-order valence-corrected chi connectivity index (χ1v) is 18.1. The first-order chi connectivity index (χ1) is 24.7. The second-order valence-electron chi connectivity index (χ2n) is 12.8. The van der Waals surface area contributed by atoms with E-state index in [1.807, 2.05) is 0 Å². The van der Waals surface area contributed by atoms with Gasteiger partial charge in [0.1, 0.15) is 0 Å². The van der Waals surface area contributed by atoms with E-state index in [9.17, 15) is 0 Å². The molecule has 2 heterocycles. The zero-order valence-corrected chi connectivity index (χ0v) is 28.5. The van der Waals surface area contributed by atoms with Crippen LogP contribution in [-0.2, 0) is 0 Å². The maximum absolute atomic E-state index is 7.55. The summed E-state index contributed by atoms with van der Waals surface area (Å²) in [5, 5.41) is 9.61. The molecule has 50 heavy (non-hydrogen) atoms. The summed E-state index contributed by atoms with van der Waals surface area (Å²) in [6.07, 6.45) is 8.67. The Labute approximate surface area is 297 Å². The van der Waals surface area contributed by atoms with E-state index in [1.165, 1.54) is 25.9 Å². The topological polar surface area (TPSA) is 38.7 Å². The van der Waals surface area contributed by atoms with Crippen molar-refractivity contribution in [3.63, 3.8) is 0 Å². The zero-order chi connectivity index (χ0) is 33.2. The van der Waals surface area contributed by atoms with Gasteiger partial charge in [0.25, 0.3) is 0 Å². The van der Waals surface area contributed by atoms with Crippen molar-refractivity contribution in [2.75, 3.05) is 0 Å². The maximum atomic E-state index is 7.55. The van der Waals surface area contributed by atoms with Crippen molar-refractivity contribution in [3.05, 3.63) is 156 Å². The largest absolute Gasteiger partial charge is 0.208 e. The minimum absolute atomic E-state index is 0.560. The second kappa shape index (κ2) is 11.7. The molecule has 236 valence electrons. The van der Waals surface area contributed by atoms with Gasteiger partial charge >= 0.3 is 0 Å². The van der Waals surface area contributed by atoms with E-state index in [-0.39, 0.29) is 0 Å². The molecule has 0 aliphatic heterocycles. The molecular formula is C45H28ClN3S. The van der Waals surface area contributed by atoms with Gasteiger partial charge in [-0.2, -0.15) is 0 Å². The first kappa shape index (κ1) is 29.3. The lowest BCUT2D eigenvalue weighted by atomic mass is 9.96. The third kappa shape index (κ3) is 4.68. The minimum Gasteiger partial charge on any atom is -0.208 e. The van der Waals surface area contributed by atoms with Crippen LogP contribution in [0.2, 0.25) is 5.02 Å². The highest BCUT2D eigenvalue weighted by atomic mass is 35.5. The summed E-state index contributed by atoms with van der Waals surface area (Å²) in [5.74, 6) is 1.79. The Bertz CT molecular complexity index is 2880. The normalized spacial score (nSPS) is 13.2. The van der Waals surface area contributed by atoms with Crippen LogP contribution in [-0.4, -0.2) is 15.0 Å². The third-order valence-corrected chi connectivity index (χ3v) is 11.5. The highest BCUT2D eigenvalue weighted by molar-refractivity contribution is 7.26. The van der Waals surface area contributed by atoms with Gasteiger partial charge < -0.3 is 0 Å². The van der Waals surface area contributed by atoms with Gasteiger partial charge in [-0.3, -0.25) is 0 Å². The summed E-state index contributed by atoms with van der Waals surface area (Å²) in [6, 6.07) is 44.8. The molecule has 9 aromatic rings. The molecular weight excluding hydrogens is 650 g/mol. The van der Waals surface area contributed by atoms with Crippen LogP contribution in [0.15, 0.2) is 146 Å². The van der Waals surface area contributed by atoms with Crippen LogP contribution in [0.3, 0.4) is 0 Å². The summed E-state index contributed by atoms with van der Waals surface area (Å²) in [6.45, 7) is 0. The van der Waals surface area contributed by atoms with E-state index >= 15 is 0 Å². The number of halogens is 1. The van der Waals surface area contributed by atoms with E-state index in [0.29, 0.717) is 22.5 Å². The molecule has 2 aromatic heterocycles. The number of aromatic nitrogens is 3. The highest BCUT2D eigenvalue weighted by Gasteiger charge is 2.23. The van der Waals surface area contributed by atoms with Crippen molar-refractivity contribution in [3.8, 4) is 34.2 Å². The SMILES string of the molecule is Clc1c(-c2nc(-c3ccc(C4=CC=CCC4)cc3)nc(-c3cc4ccccc4c4ccccc34)n2)c2ccccc2c2sc3ccccc3c12. The zero-order valence-electron chi connectivity index (χ0n) is 26.9. The quantitative estimate of drug-likeness (QED) is 0.174. The molecule has 5 heteroatoms. The lowest BCUT2D eigenvalue weighted by Gasteiger charge is -2.15. The number of rotatable bonds is 4. The van der Waals surface area contributed by atoms with Gasteiger partial charge in [-0.25, -0.2) is 15.0 Å². The van der Waals surface area contributed by atoms with Gasteiger partial charge in [0.05, 0.1) is 5.02 Å². The van der Waals surface area contributed by atoms with Gasteiger partial charge in [-0.05, 0) is 63.0 Å². The Morgan fingerprint density at radius 3 is 2.00 bits per heavy atom. The van der Waals surface area contributed by atoms with Crippen molar-refractivity contribution in [2.45, 2.75) is 12.8 Å². The molecule has 0 saturated heterocycles. The molecule has 3 nitrogen and oxygen atoms in total. The second-order valence-corrected chi connectivity index (χ2v) is 14.2. The average Bonchev–Trinajstić information content (AvgIpc) is 3.58. The Morgan fingerprint density at radius 2 is 1.20 bits per heavy atom. The van der Waals surface area contributed by atoms with Gasteiger partial charge in [0.2, 0.25) is 0 Å². The molecule has 1 aliphatic rings. The van der Waals surface area contributed by atoms with E-state index in [1.54, 1.807) is 11.3 Å². The van der Waals surface area contributed by atoms with E-state index in [4.69, 9.17) is 26.6 Å². The van der Waals surface area contributed by atoms with Crippen molar-refractivity contribution in [2.24, 2.45) is 0 Å². The predicted octanol–water partition coefficient (Wildman–Crippen LogP) is 13.1. The summed E-state index contributed by atoms with van der Waals surface area (Å²) >= 11 is 9.32. The van der Waals surface area contributed by atoms with Crippen LogP contribution in [0.4, 0.5) is 0 Å². The Kier molecular flexibility index (Phi) is 6.86. The highest BCUT2D eigenvalue weighted by Crippen LogP contribution is 2.48. The smallest absolute Gasteiger partial charge is 0.166 e. The summed E-state index contributed by atoms with van der Waals surface area (Å²) in [4.78, 5) is 15.8. The van der Waals surface area contributed by atoms with Crippen molar-refractivity contribution < 1.29 is 0 Å². The molecule has 1 aliphatic carbocycles.